The molecule has 0 aromatic heterocycles. The number of para-hydroxylation sites is 2. The zero-order chi connectivity index (χ0) is 54.7. The first-order valence-corrected chi connectivity index (χ1v) is 28.1. The summed E-state index contributed by atoms with van der Waals surface area (Å²) < 4.78 is 53.8. The van der Waals surface area contributed by atoms with Crippen LogP contribution in [0.3, 0.4) is 0 Å². The highest BCUT2D eigenvalue weighted by atomic mass is 32.2. The molecule has 9 rings (SSSR count). The molecule has 5 atom stereocenters. The van der Waals surface area contributed by atoms with E-state index in [4.69, 9.17) is 14.2 Å². The van der Waals surface area contributed by atoms with E-state index in [-0.39, 0.29) is 79.3 Å². The summed E-state index contributed by atoms with van der Waals surface area (Å²) in [4.78, 5) is 83.6. The van der Waals surface area contributed by atoms with Crippen molar-refractivity contribution in [2.75, 3.05) is 28.0 Å². The second-order valence-corrected chi connectivity index (χ2v) is 22.5. The Labute approximate surface area is 449 Å². The molecule has 16 nitrogen and oxygen atoms in total. The highest BCUT2D eigenvalue weighted by molar-refractivity contribution is 7.85. The molecule has 0 spiro atoms. The van der Waals surface area contributed by atoms with Gasteiger partial charge in [0.05, 0.1) is 18.9 Å². The quantitative estimate of drug-likeness (QED) is 0.0464. The van der Waals surface area contributed by atoms with Gasteiger partial charge in [-0.1, -0.05) is 50.2 Å². The SMILES string of the molecule is CCC(=O)CCCCC(=O)N[C@@H](C)C(=O)C[C@@H](C)C(=O)Nc1cc(COc2cc3c(cc2C)C(=O)N2c4ccccc4C[C@H]2CC3)cc(COc2cc3c(cc2OC)C(=O)N2c4ccccc4C[C@H]2C(CS(=O)(=O)O)C3)c1. The van der Waals surface area contributed by atoms with Gasteiger partial charge in [-0.3, -0.25) is 33.3 Å². The molecule has 0 fully saturated rings. The summed E-state index contributed by atoms with van der Waals surface area (Å²) in [6.07, 6.45) is 4.89. The number of nitrogens with zero attached hydrogens (tertiary/aromatic N) is 2. The lowest BCUT2D eigenvalue weighted by atomic mass is 9.91. The molecule has 4 aliphatic heterocycles. The largest absolute Gasteiger partial charge is 0.493 e. The monoisotopic (exact) mass is 1070 g/mol. The van der Waals surface area contributed by atoms with E-state index in [1.807, 2.05) is 72.5 Å². The van der Waals surface area contributed by atoms with Crippen LogP contribution >= 0.6 is 0 Å². The number of rotatable bonds is 21. The van der Waals surface area contributed by atoms with Crippen molar-refractivity contribution in [1.29, 1.82) is 0 Å². The van der Waals surface area contributed by atoms with Crippen molar-refractivity contribution in [2.45, 2.75) is 130 Å². The second kappa shape index (κ2) is 23.1. The van der Waals surface area contributed by atoms with Crippen LogP contribution in [0, 0.1) is 18.8 Å². The van der Waals surface area contributed by atoms with Crippen LogP contribution in [0.15, 0.2) is 91.0 Å². The number of benzene rings is 5. The van der Waals surface area contributed by atoms with Crippen LogP contribution in [0.2, 0.25) is 0 Å². The van der Waals surface area contributed by atoms with Crippen LogP contribution < -0.4 is 34.6 Å². The predicted molar refractivity (Wildman–Crippen MR) is 291 cm³/mol. The molecule has 77 heavy (non-hydrogen) atoms. The minimum absolute atomic E-state index is 0.0279. The fourth-order valence-corrected chi connectivity index (χ4v) is 12.2. The number of carbonyl (C=O) groups is 6. The molecule has 5 aromatic rings. The lowest BCUT2D eigenvalue weighted by molar-refractivity contribution is -0.129. The van der Waals surface area contributed by atoms with Gasteiger partial charge in [-0.15, -0.1) is 0 Å². The van der Waals surface area contributed by atoms with Crippen molar-refractivity contribution >= 4 is 62.4 Å². The van der Waals surface area contributed by atoms with Crippen molar-refractivity contribution < 1.29 is 55.9 Å². The summed E-state index contributed by atoms with van der Waals surface area (Å²) in [6, 6.07) is 26.7. The average Bonchev–Trinajstić information content (AvgIpc) is 3.94. The standard InChI is InChI=1S/C60H66N4O12S/c1-6-47(65)15-9-12-18-57(67)61-37(4)53(66)22-36(3)58(68)62-45-24-38(32-75-54-29-40-19-20-46-27-41-13-7-10-16-50(41)63(46)59(69)48(40)21-35(54)2)23-39(25-45)33-76-56-30-43-26-44(34-77(71,72)73)52-28-42-14-8-11-17-51(42)64(52)60(70)49(43)31-55(56)74-5/h7-8,10-11,13-14,16-17,21,23-25,29-31,36-37,44,46,52H,6,9,12,15,18-20,22,26-28,32-34H2,1-5H3,(H,61,67)(H,62,68)(H,71,72,73)/t36-,37+,44?,46-,52+/m1/s1. The van der Waals surface area contributed by atoms with Crippen LogP contribution in [-0.4, -0.2) is 79.2 Å². The van der Waals surface area contributed by atoms with E-state index in [1.165, 1.54) is 12.7 Å². The summed E-state index contributed by atoms with van der Waals surface area (Å²) >= 11 is 0. The molecule has 1 unspecified atom stereocenters. The van der Waals surface area contributed by atoms with Crippen molar-refractivity contribution in [3.05, 3.63) is 141 Å². The Hall–Kier alpha value is -7.37. The zero-order valence-electron chi connectivity index (χ0n) is 44.2. The number of Topliss-reactive ketones (excluding diaryl/α,β-unsaturated/α-hetero) is 2. The molecule has 17 heteroatoms. The van der Waals surface area contributed by atoms with Crippen molar-refractivity contribution in [3.8, 4) is 17.2 Å². The van der Waals surface area contributed by atoms with E-state index in [0.29, 0.717) is 83.5 Å². The van der Waals surface area contributed by atoms with Crippen LogP contribution in [0.25, 0.3) is 0 Å². The number of nitrogens with one attached hydrogen (secondary N) is 2. The van der Waals surface area contributed by atoms with Gasteiger partial charge in [0.25, 0.3) is 21.9 Å². The second-order valence-electron chi connectivity index (χ2n) is 21.0. The zero-order valence-corrected chi connectivity index (χ0v) is 45.0. The molecule has 4 heterocycles. The van der Waals surface area contributed by atoms with Crippen LogP contribution in [0.4, 0.5) is 17.1 Å². The number of ketones is 2. The van der Waals surface area contributed by atoms with E-state index in [2.05, 4.69) is 16.7 Å². The maximum Gasteiger partial charge on any atom is 0.265 e. The number of methoxy groups -OCH3 is 1. The summed E-state index contributed by atoms with van der Waals surface area (Å²) in [5.41, 5.74) is 8.57. The number of ether oxygens (including phenoxy) is 3. The Morgan fingerprint density at radius 3 is 2.05 bits per heavy atom. The Morgan fingerprint density at radius 2 is 1.36 bits per heavy atom. The van der Waals surface area contributed by atoms with E-state index >= 15 is 0 Å². The van der Waals surface area contributed by atoms with E-state index < -0.39 is 45.7 Å². The third-order valence-corrected chi connectivity index (χ3v) is 16.2. The molecule has 0 radical (unpaired) electrons. The topological polar surface area (TPSA) is 215 Å². The lowest BCUT2D eigenvalue weighted by Gasteiger charge is -2.28. The number of aryl methyl sites for hydroxylation is 2. The minimum atomic E-state index is -4.43. The van der Waals surface area contributed by atoms with Crippen LogP contribution in [0.5, 0.6) is 17.2 Å². The normalized spacial score (nSPS) is 18.0. The third kappa shape index (κ3) is 12.3. The van der Waals surface area contributed by atoms with E-state index in [9.17, 15) is 41.7 Å². The van der Waals surface area contributed by atoms with Gasteiger partial charge in [0.2, 0.25) is 11.8 Å². The first-order valence-electron chi connectivity index (χ1n) is 26.5. The van der Waals surface area contributed by atoms with Gasteiger partial charge in [0.15, 0.2) is 17.3 Å². The molecule has 5 aromatic carbocycles. The van der Waals surface area contributed by atoms with Crippen LogP contribution in [0.1, 0.15) is 125 Å². The number of unbranched alkanes of at least 4 members (excludes halogenated alkanes) is 1. The number of amides is 4. The van der Waals surface area contributed by atoms with Gasteiger partial charge in [0, 0.05) is 77.8 Å². The first kappa shape index (κ1) is 54.4. The number of carbonyl (C=O) groups excluding carboxylic acids is 6. The Bertz CT molecular complexity index is 3260. The van der Waals surface area contributed by atoms with Crippen LogP contribution in [-0.2, 0) is 68.2 Å². The molecule has 0 bridgehead atoms. The fourth-order valence-electron chi connectivity index (χ4n) is 11.3. The molecule has 4 aliphatic rings. The lowest BCUT2D eigenvalue weighted by Crippen LogP contribution is -2.43. The van der Waals surface area contributed by atoms with Gasteiger partial charge in [-0.05, 0) is 152 Å². The Morgan fingerprint density at radius 1 is 0.740 bits per heavy atom. The maximum absolute atomic E-state index is 14.4. The molecule has 3 N–H and O–H groups in total. The number of anilines is 3. The summed E-state index contributed by atoms with van der Waals surface area (Å²) in [6.45, 7) is 6.93. The van der Waals surface area contributed by atoms with Gasteiger partial charge in [-0.25, -0.2) is 0 Å². The fraction of sp³-hybridized carbons (Fsp3) is 0.400. The Balaban J connectivity index is 0.950. The number of hydrogen-bond acceptors (Lipinski definition) is 11. The molecule has 0 saturated heterocycles. The van der Waals surface area contributed by atoms with Gasteiger partial charge >= 0.3 is 0 Å². The summed E-state index contributed by atoms with van der Waals surface area (Å²) in [5, 5.41) is 5.70. The molecule has 0 aliphatic carbocycles. The predicted octanol–water partition coefficient (Wildman–Crippen LogP) is 8.89. The summed E-state index contributed by atoms with van der Waals surface area (Å²) in [5.74, 6) is -2.10. The maximum atomic E-state index is 14.4. The highest BCUT2D eigenvalue weighted by Gasteiger charge is 2.44. The molecular weight excluding hydrogens is 1000 g/mol. The van der Waals surface area contributed by atoms with Gasteiger partial charge in [0.1, 0.15) is 24.7 Å². The molecule has 404 valence electrons. The van der Waals surface area contributed by atoms with E-state index in [0.717, 1.165) is 35.2 Å². The van der Waals surface area contributed by atoms with E-state index in [1.54, 1.807) is 49.9 Å². The van der Waals surface area contributed by atoms with Crippen molar-refractivity contribution in [3.63, 3.8) is 0 Å². The summed E-state index contributed by atoms with van der Waals surface area (Å²) in [7, 11) is -2.97. The highest BCUT2D eigenvalue weighted by Crippen LogP contribution is 2.44. The van der Waals surface area contributed by atoms with Crippen molar-refractivity contribution in [1.82, 2.24) is 5.32 Å². The third-order valence-electron chi connectivity index (χ3n) is 15.4. The Kier molecular flexibility index (Phi) is 16.3. The molecule has 0 saturated carbocycles. The van der Waals surface area contributed by atoms with Crippen molar-refractivity contribution in [2.24, 2.45) is 11.8 Å². The molecule has 4 amide bonds. The van der Waals surface area contributed by atoms with Gasteiger partial charge < -0.3 is 34.6 Å². The number of fused-ring (bicyclic) bond motifs is 8. The minimum Gasteiger partial charge on any atom is -0.493 e. The molecular formula is C60H66N4O12S. The van der Waals surface area contributed by atoms with Gasteiger partial charge in [-0.2, -0.15) is 8.42 Å². The number of hydrogen-bond donors (Lipinski definition) is 3. The average molecular weight is 1070 g/mol. The smallest absolute Gasteiger partial charge is 0.265 e. The first-order chi connectivity index (χ1) is 36.9.